The molecule has 0 saturated carbocycles. The molecule has 4 aromatic rings. The average molecular weight is 611 g/mol. The number of pyridine rings is 1. The number of ether oxygens (including phenoxy) is 3. The Morgan fingerprint density at radius 3 is 2.25 bits per heavy atom. The lowest BCUT2D eigenvalue weighted by Crippen LogP contribution is -2.35. The smallest absolute Gasteiger partial charge is 0.336 e. The lowest BCUT2D eigenvalue weighted by molar-refractivity contribution is 0.0696. The first-order chi connectivity index (χ1) is 21.1. The number of carbonyl (C=O) groups is 1. The van der Waals surface area contributed by atoms with Gasteiger partial charge in [-0.05, 0) is 104 Å². The van der Waals surface area contributed by atoms with Crippen LogP contribution in [0.4, 0.5) is 5.82 Å². The Labute approximate surface area is 263 Å². The zero-order valence-electron chi connectivity index (χ0n) is 25.6. The topological polar surface area (TPSA) is 81.1 Å². The second-order valence-corrected chi connectivity index (χ2v) is 11.3. The minimum Gasteiger partial charge on any atom is -0.493 e. The Morgan fingerprint density at radius 2 is 1.61 bits per heavy atom. The van der Waals surface area contributed by atoms with E-state index in [0.717, 1.165) is 38.6 Å². The van der Waals surface area contributed by atoms with Gasteiger partial charge in [0.2, 0.25) is 0 Å². The van der Waals surface area contributed by atoms with Gasteiger partial charge in [-0.15, -0.1) is 0 Å². The number of allylic oxidation sites excluding steroid dienone is 1. The summed E-state index contributed by atoms with van der Waals surface area (Å²) in [4.78, 5) is 19.5. The van der Waals surface area contributed by atoms with E-state index in [1.54, 1.807) is 20.3 Å². The molecule has 0 fully saturated rings. The molecule has 2 heterocycles. The van der Waals surface area contributed by atoms with Gasteiger partial charge in [0, 0.05) is 23.2 Å². The quantitative estimate of drug-likeness (QED) is 0.203. The van der Waals surface area contributed by atoms with Gasteiger partial charge in [0.05, 0.1) is 25.5 Å². The van der Waals surface area contributed by atoms with Crippen LogP contribution in [0, 0.1) is 13.8 Å². The highest BCUT2D eigenvalue weighted by atomic mass is 35.5. The van der Waals surface area contributed by atoms with Crippen LogP contribution in [0.3, 0.4) is 0 Å². The summed E-state index contributed by atoms with van der Waals surface area (Å²) in [7, 11) is 3.18. The van der Waals surface area contributed by atoms with Crippen LogP contribution in [0.5, 0.6) is 23.0 Å². The first-order valence-corrected chi connectivity index (χ1v) is 14.6. The molecule has 0 amide bonds. The van der Waals surface area contributed by atoms with Crippen LogP contribution in [0.25, 0.3) is 17.7 Å². The van der Waals surface area contributed by atoms with Crippen LogP contribution in [-0.4, -0.2) is 36.3 Å². The van der Waals surface area contributed by atoms with Gasteiger partial charge in [0.15, 0.2) is 11.5 Å². The lowest BCUT2D eigenvalue weighted by Gasteiger charge is -2.35. The average Bonchev–Trinajstić information content (AvgIpc) is 3.00. The second kappa shape index (κ2) is 12.9. The van der Waals surface area contributed by atoms with Gasteiger partial charge in [0.25, 0.3) is 0 Å². The number of fused-ring (bicyclic) bond motifs is 1. The van der Waals surface area contributed by atoms with Crippen molar-refractivity contribution in [2.24, 2.45) is 0 Å². The molecule has 0 saturated heterocycles. The summed E-state index contributed by atoms with van der Waals surface area (Å²) in [6.07, 6.45) is 5.78. The number of benzene rings is 3. The normalized spacial score (nSPS) is 14.3. The molecule has 0 spiro atoms. The van der Waals surface area contributed by atoms with E-state index in [4.69, 9.17) is 30.8 Å². The van der Waals surface area contributed by atoms with Gasteiger partial charge in [-0.25, -0.2) is 9.78 Å². The van der Waals surface area contributed by atoms with Crippen molar-refractivity contribution in [3.8, 4) is 23.0 Å². The largest absolute Gasteiger partial charge is 0.493 e. The minimum atomic E-state index is -0.999. The maximum atomic E-state index is 12.4. The van der Waals surface area contributed by atoms with Crippen LogP contribution < -0.4 is 19.1 Å². The molecule has 8 heteroatoms. The van der Waals surface area contributed by atoms with E-state index in [2.05, 4.69) is 17.9 Å². The number of aromatic carboxylic acids is 1. The molecule has 44 heavy (non-hydrogen) atoms. The Hall–Kier alpha value is -4.75. The molecule has 1 N–H and O–H groups in total. The number of rotatable bonds is 9. The highest BCUT2D eigenvalue weighted by molar-refractivity contribution is 6.32. The Balaban J connectivity index is 1.45. The van der Waals surface area contributed by atoms with E-state index in [9.17, 15) is 9.90 Å². The van der Waals surface area contributed by atoms with Crippen LogP contribution >= 0.6 is 11.6 Å². The van der Waals surface area contributed by atoms with Crippen LogP contribution in [-0.2, 0) is 6.54 Å². The third kappa shape index (κ3) is 6.43. The maximum absolute atomic E-state index is 12.4. The number of hydrogen-bond donors (Lipinski definition) is 1. The third-order valence-electron chi connectivity index (χ3n) is 7.68. The molecule has 3 aromatic carbocycles. The minimum absolute atomic E-state index is 0.00216. The standard InChI is InChI=1S/C36H35ClN2O5/c1-21-15-24(4)39(20-26-8-12-28(13-9-26)44-29-16-22(2)34(37)23(3)17-29)35-33(21)30(36(40)41)19-27(38-35)11-7-25-10-14-31(42-5)32(18-25)43-6/h7-19,24H,20H2,1-6H3,(H,40,41). The Kier molecular flexibility index (Phi) is 8.97. The summed E-state index contributed by atoms with van der Waals surface area (Å²) < 4.78 is 16.9. The van der Waals surface area contributed by atoms with Gasteiger partial charge in [-0.2, -0.15) is 0 Å². The maximum Gasteiger partial charge on any atom is 0.336 e. The number of hydrogen-bond acceptors (Lipinski definition) is 6. The van der Waals surface area contributed by atoms with Gasteiger partial charge in [-0.1, -0.05) is 42.0 Å². The molecule has 0 aliphatic carbocycles. The molecule has 226 valence electrons. The second-order valence-electron chi connectivity index (χ2n) is 10.9. The summed E-state index contributed by atoms with van der Waals surface area (Å²) in [6.45, 7) is 8.47. The number of aromatic nitrogens is 1. The van der Waals surface area contributed by atoms with Crippen LogP contribution in [0.15, 0.2) is 66.7 Å². The summed E-state index contributed by atoms with van der Waals surface area (Å²) in [5, 5.41) is 10.9. The number of halogens is 1. The van der Waals surface area contributed by atoms with Crippen molar-refractivity contribution in [1.82, 2.24) is 4.98 Å². The van der Waals surface area contributed by atoms with Crippen molar-refractivity contribution in [2.75, 3.05) is 19.1 Å². The fourth-order valence-electron chi connectivity index (χ4n) is 5.45. The van der Waals surface area contributed by atoms with E-state index < -0.39 is 5.97 Å². The Morgan fingerprint density at radius 1 is 0.932 bits per heavy atom. The lowest BCUT2D eigenvalue weighted by atomic mass is 9.94. The molecule has 1 atom stereocenters. The van der Waals surface area contributed by atoms with Crippen molar-refractivity contribution in [3.63, 3.8) is 0 Å². The highest BCUT2D eigenvalue weighted by Crippen LogP contribution is 2.37. The van der Waals surface area contributed by atoms with Crippen molar-refractivity contribution < 1.29 is 24.1 Å². The number of anilines is 1. The SMILES string of the molecule is COc1ccc(C=Cc2cc(C(=O)O)c3c(n2)N(Cc2ccc(Oc4cc(C)c(Cl)c(C)c4)cc2)C(C)C=C3C)cc1OC. The summed E-state index contributed by atoms with van der Waals surface area (Å²) >= 11 is 6.31. The predicted octanol–water partition coefficient (Wildman–Crippen LogP) is 8.84. The number of carboxylic acid groups (broad SMARTS) is 1. The molecular formula is C36H35ClN2O5. The molecule has 0 bridgehead atoms. The van der Waals surface area contributed by atoms with Crippen molar-refractivity contribution in [3.05, 3.63) is 111 Å². The van der Waals surface area contributed by atoms with E-state index in [0.29, 0.717) is 40.9 Å². The molecule has 1 unspecified atom stereocenters. The fourth-order valence-corrected chi connectivity index (χ4v) is 5.56. The van der Waals surface area contributed by atoms with Crippen molar-refractivity contribution in [2.45, 2.75) is 40.3 Å². The third-order valence-corrected chi connectivity index (χ3v) is 8.27. The predicted molar refractivity (Wildman–Crippen MR) is 176 cm³/mol. The van der Waals surface area contributed by atoms with Gasteiger partial charge < -0.3 is 24.2 Å². The van der Waals surface area contributed by atoms with Crippen molar-refractivity contribution >= 4 is 41.1 Å². The number of carboxylic acids is 1. The molecule has 0 radical (unpaired) electrons. The molecule has 7 nitrogen and oxygen atoms in total. The van der Waals surface area contributed by atoms with E-state index in [-0.39, 0.29) is 11.6 Å². The Bertz CT molecular complexity index is 1760. The summed E-state index contributed by atoms with van der Waals surface area (Å²) in [5.41, 5.74) is 6.11. The number of methoxy groups -OCH3 is 2. The summed E-state index contributed by atoms with van der Waals surface area (Å²) in [5.74, 6) is 2.32. The molecule has 1 aliphatic heterocycles. The molecule has 5 rings (SSSR count). The number of nitrogens with zero attached hydrogens (tertiary/aromatic N) is 2. The highest BCUT2D eigenvalue weighted by Gasteiger charge is 2.28. The molecule has 1 aromatic heterocycles. The van der Waals surface area contributed by atoms with Gasteiger partial charge in [-0.3, -0.25) is 0 Å². The number of aryl methyl sites for hydroxylation is 2. The molecule has 1 aliphatic rings. The summed E-state index contributed by atoms with van der Waals surface area (Å²) in [6, 6.07) is 18.9. The zero-order chi connectivity index (χ0) is 31.5. The van der Waals surface area contributed by atoms with Crippen LogP contribution in [0.1, 0.15) is 57.7 Å². The van der Waals surface area contributed by atoms with Crippen molar-refractivity contribution in [1.29, 1.82) is 0 Å². The molecular weight excluding hydrogens is 576 g/mol. The zero-order valence-corrected chi connectivity index (χ0v) is 26.4. The van der Waals surface area contributed by atoms with E-state index >= 15 is 0 Å². The van der Waals surface area contributed by atoms with E-state index in [1.807, 2.05) is 87.5 Å². The van der Waals surface area contributed by atoms with Crippen LogP contribution in [0.2, 0.25) is 5.02 Å². The first-order valence-electron chi connectivity index (χ1n) is 14.3. The van der Waals surface area contributed by atoms with E-state index in [1.165, 1.54) is 0 Å². The monoisotopic (exact) mass is 610 g/mol. The fraction of sp³-hybridized carbons (Fsp3) is 0.222. The van der Waals surface area contributed by atoms with Gasteiger partial charge >= 0.3 is 5.97 Å². The first kappa shape index (κ1) is 30.7. The van der Waals surface area contributed by atoms with Gasteiger partial charge in [0.1, 0.15) is 17.3 Å².